The van der Waals surface area contributed by atoms with Crippen LogP contribution >= 0.6 is 0 Å². The lowest BCUT2D eigenvalue weighted by atomic mass is 10.0. The molecule has 0 aliphatic carbocycles. The summed E-state index contributed by atoms with van der Waals surface area (Å²) in [5, 5.41) is 9.14. The van der Waals surface area contributed by atoms with E-state index in [1.165, 1.54) is 20.3 Å². The summed E-state index contributed by atoms with van der Waals surface area (Å²) < 4.78 is 37.7. The molecule has 1 aromatic rings. The van der Waals surface area contributed by atoms with E-state index in [9.17, 15) is 13.2 Å². The largest absolute Gasteiger partial charge is 0.478 e. The summed E-state index contributed by atoms with van der Waals surface area (Å²) in [6, 6.07) is 6.52. The van der Waals surface area contributed by atoms with E-state index in [0.717, 1.165) is 6.26 Å². The second-order valence-electron chi connectivity index (χ2n) is 4.68. The molecule has 0 radical (unpaired) electrons. The Morgan fingerprint density at radius 3 is 2.32 bits per heavy atom. The summed E-state index contributed by atoms with van der Waals surface area (Å²) >= 11 is 0. The number of benzene rings is 1. The molecule has 124 valence electrons. The SMILES string of the molecule is COC(OC)C(CCc1ccccc1C(=O)O)OS(C)(=O)=O. The predicted octanol–water partition coefficient (Wildman–Crippen LogP) is 1.28. The van der Waals surface area contributed by atoms with Crippen LogP contribution in [-0.4, -0.2) is 52.4 Å². The normalized spacial score (nSPS) is 13.3. The first-order chi connectivity index (χ1) is 10.3. The summed E-state index contributed by atoms with van der Waals surface area (Å²) in [6.07, 6.45) is -0.262. The van der Waals surface area contributed by atoms with E-state index in [-0.39, 0.29) is 12.0 Å². The minimum atomic E-state index is -3.70. The van der Waals surface area contributed by atoms with Crippen LogP contribution in [0.3, 0.4) is 0 Å². The van der Waals surface area contributed by atoms with Gasteiger partial charge in [0, 0.05) is 14.2 Å². The number of carboxylic acids is 1. The number of carbonyl (C=O) groups is 1. The number of methoxy groups -OCH3 is 2. The van der Waals surface area contributed by atoms with Crippen molar-refractivity contribution in [2.45, 2.75) is 25.2 Å². The zero-order valence-electron chi connectivity index (χ0n) is 12.7. The summed E-state index contributed by atoms with van der Waals surface area (Å²) in [6.45, 7) is 0. The van der Waals surface area contributed by atoms with E-state index in [0.29, 0.717) is 12.0 Å². The highest BCUT2D eigenvalue weighted by Gasteiger charge is 2.26. The maximum atomic E-state index is 11.3. The minimum Gasteiger partial charge on any atom is -0.478 e. The van der Waals surface area contributed by atoms with Gasteiger partial charge in [0.05, 0.1) is 11.8 Å². The topological polar surface area (TPSA) is 99.1 Å². The minimum absolute atomic E-state index is 0.173. The fraction of sp³-hybridized carbons (Fsp3) is 0.500. The number of hydrogen-bond donors (Lipinski definition) is 1. The quantitative estimate of drug-likeness (QED) is 0.537. The second-order valence-corrected chi connectivity index (χ2v) is 6.28. The molecular weight excluding hydrogens is 312 g/mol. The van der Waals surface area contributed by atoms with Crippen molar-refractivity contribution in [1.29, 1.82) is 0 Å². The molecule has 0 saturated heterocycles. The van der Waals surface area contributed by atoms with Crippen LogP contribution in [-0.2, 0) is 30.2 Å². The fourth-order valence-corrected chi connectivity index (χ4v) is 2.73. The van der Waals surface area contributed by atoms with Gasteiger partial charge >= 0.3 is 5.97 Å². The highest BCUT2D eigenvalue weighted by atomic mass is 32.2. The highest BCUT2D eigenvalue weighted by molar-refractivity contribution is 7.86. The van der Waals surface area contributed by atoms with Gasteiger partial charge in [-0.15, -0.1) is 0 Å². The van der Waals surface area contributed by atoms with Gasteiger partial charge in [-0.1, -0.05) is 18.2 Å². The molecular formula is C14H20O7S. The van der Waals surface area contributed by atoms with Crippen LogP contribution < -0.4 is 0 Å². The van der Waals surface area contributed by atoms with Crippen LogP contribution in [0.1, 0.15) is 22.3 Å². The molecule has 1 rings (SSSR count). The molecule has 1 aromatic carbocycles. The lowest BCUT2D eigenvalue weighted by molar-refractivity contribution is -0.156. The van der Waals surface area contributed by atoms with Crippen molar-refractivity contribution in [2.75, 3.05) is 20.5 Å². The fourth-order valence-electron chi connectivity index (χ4n) is 2.10. The molecule has 7 nitrogen and oxygen atoms in total. The van der Waals surface area contributed by atoms with Gasteiger partial charge in [0.25, 0.3) is 10.1 Å². The van der Waals surface area contributed by atoms with Crippen LogP contribution in [0.2, 0.25) is 0 Å². The van der Waals surface area contributed by atoms with E-state index in [2.05, 4.69) is 0 Å². The number of ether oxygens (including phenoxy) is 2. The third-order valence-electron chi connectivity index (χ3n) is 3.01. The van der Waals surface area contributed by atoms with Gasteiger partial charge in [-0.2, -0.15) is 8.42 Å². The van der Waals surface area contributed by atoms with E-state index in [4.69, 9.17) is 18.8 Å². The molecule has 8 heteroatoms. The smallest absolute Gasteiger partial charge is 0.335 e. The van der Waals surface area contributed by atoms with E-state index in [1.54, 1.807) is 18.2 Å². The molecule has 1 unspecified atom stereocenters. The molecule has 0 amide bonds. The highest BCUT2D eigenvalue weighted by Crippen LogP contribution is 2.17. The number of aryl methyl sites for hydroxylation is 1. The first-order valence-electron chi connectivity index (χ1n) is 6.53. The van der Waals surface area contributed by atoms with Crippen LogP contribution in [0, 0.1) is 0 Å². The van der Waals surface area contributed by atoms with Crippen molar-refractivity contribution in [3.05, 3.63) is 35.4 Å². The summed E-state index contributed by atoms with van der Waals surface area (Å²) in [7, 11) is -0.950. The maximum Gasteiger partial charge on any atom is 0.335 e. The Hall–Kier alpha value is -1.48. The molecule has 0 heterocycles. The standard InChI is InChI=1S/C14H20O7S/c1-19-14(20-2)12(21-22(3,17)18)9-8-10-6-4-5-7-11(10)13(15)16/h4-7,12,14H,8-9H2,1-3H3,(H,15,16). The van der Waals surface area contributed by atoms with E-state index >= 15 is 0 Å². The summed E-state index contributed by atoms with van der Waals surface area (Å²) in [5.74, 6) is -1.04. The van der Waals surface area contributed by atoms with Crippen LogP contribution in [0.15, 0.2) is 24.3 Å². The van der Waals surface area contributed by atoms with Crippen molar-refractivity contribution in [1.82, 2.24) is 0 Å². The van der Waals surface area contributed by atoms with Crippen LogP contribution in [0.4, 0.5) is 0 Å². The monoisotopic (exact) mass is 332 g/mol. The average Bonchev–Trinajstić information content (AvgIpc) is 2.44. The number of rotatable bonds is 9. The zero-order chi connectivity index (χ0) is 16.8. The molecule has 0 saturated carbocycles. The molecule has 0 fully saturated rings. The molecule has 1 atom stereocenters. The Kier molecular flexibility index (Phi) is 6.95. The lowest BCUT2D eigenvalue weighted by Crippen LogP contribution is -2.34. The number of hydrogen-bond acceptors (Lipinski definition) is 6. The number of carboxylic acid groups (broad SMARTS) is 1. The predicted molar refractivity (Wildman–Crippen MR) is 79.2 cm³/mol. The van der Waals surface area contributed by atoms with Gasteiger partial charge in [0.1, 0.15) is 6.10 Å². The maximum absolute atomic E-state index is 11.3. The third-order valence-corrected chi connectivity index (χ3v) is 3.61. The van der Waals surface area contributed by atoms with Crippen molar-refractivity contribution >= 4 is 16.1 Å². The van der Waals surface area contributed by atoms with Gasteiger partial charge in [-0.05, 0) is 24.5 Å². The van der Waals surface area contributed by atoms with Gasteiger partial charge in [-0.25, -0.2) is 4.79 Å². The van der Waals surface area contributed by atoms with Crippen molar-refractivity contribution in [3.63, 3.8) is 0 Å². The average molecular weight is 332 g/mol. The Bertz CT molecular complexity index is 593. The van der Waals surface area contributed by atoms with Gasteiger partial charge in [0.2, 0.25) is 0 Å². The van der Waals surface area contributed by atoms with Crippen LogP contribution in [0.25, 0.3) is 0 Å². The summed E-state index contributed by atoms with van der Waals surface area (Å²) in [4.78, 5) is 11.2. The molecule has 0 bridgehead atoms. The van der Waals surface area contributed by atoms with Crippen molar-refractivity contribution in [3.8, 4) is 0 Å². The summed E-state index contributed by atoms with van der Waals surface area (Å²) in [5.41, 5.74) is 0.759. The number of aromatic carboxylic acids is 1. The second kappa shape index (κ2) is 8.23. The Labute approximate surface area is 129 Å². The van der Waals surface area contributed by atoms with Crippen molar-refractivity contribution in [2.24, 2.45) is 0 Å². The molecule has 0 aliphatic heterocycles. The Morgan fingerprint density at radius 2 is 1.82 bits per heavy atom. The van der Waals surface area contributed by atoms with E-state index < -0.39 is 28.5 Å². The van der Waals surface area contributed by atoms with Gasteiger partial charge in [0.15, 0.2) is 6.29 Å². The molecule has 0 aromatic heterocycles. The molecule has 22 heavy (non-hydrogen) atoms. The third kappa shape index (κ3) is 5.72. The van der Waals surface area contributed by atoms with Gasteiger partial charge < -0.3 is 14.6 Å². The first kappa shape index (κ1) is 18.6. The van der Waals surface area contributed by atoms with E-state index in [1.807, 2.05) is 0 Å². The lowest BCUT2D eigenvalue weighted by Gasteiger charge is -2.24. The first-order valence-corrected chi connectivity index (χ1v) is 8.35. The zero-order valence-corrected chi connectivity index (χ0v) is 13.5. The molecule has 1 N–H and O–H groups in total. The molecule has 0 aliphatic rings. The Morgan fingerprint density at radius 1 is 1.23 bits per heavy atom. The van der Waals surface area contributed by atoms with Crippen molar-refractivity contribution < 1.29 is 32.0 Å². The van der Waals surface area contributed by atoms with Crippen LogP contribution in [0.5, 0.6) is 0 Å². The Balaban J connectivity index is 2.89. The van der Waals surface area contributed by atoms with Gasteiger partial charge in [-0.3, -0.25) is 4.18 Å². The molecule has 0 spiro atoms.